The number of nitrogens with one attached hydrogen (secondary N) is 1. The fourth-order valence-electron chi connectivity index (χ4n) is 7.18. The third-order valence-corrected chi connectivity index (χ3v) is 11.9. The number of hydrogen-bond donors (Lipinski definition) is 1. The summed E-state index contributed by atoms with van der Waals surface area (Å²) in [6.45, 7) is 12.9. The van der Waals surface area contributed by atoms with Crippen LogP contribution in [0.4, 0.5) is 10.2 Å². The third kappa shape index (κ3) is 7.56. The number of carbonyl (C=O) groups is 1. The minimum absolute atomic E-state index is 0.111. The van der Waals surface area contributed by atoms with Crippen LogP contribution in [0, 0.1) is 11.2 Å². The zero-order chi connectivity index (χ0) is 33.3. The van der Waals surface area contributed by atoms with Gasteiger partial charge in [0.25, 0.3) is 5.91 Å². The first-order valence-electron chi connectivity index (χ1n) is 16.7. The number of likely N-dealkylation sites (tertiary alicyclic amines) is 1. The fourth-order valence-corrected chi connectivity index (χ4v) is 8.10. The van der Waals surface area contributed by atoms with Crippen molar-refractivity contribution >= 4 is 21.7 Å². The quantitative estimate of drug-likeness (QED) is 0.423. The van der Waals surface area contributed by atoms with Gasteiger partial charge in [-0.1, -0.05) is 0 Å². The van der Waals surface area contributed by atoms with E-state index < -0.39 is 21.1 Å². The van der Waals surface area contributed by atoms with Crippen LogP contribution in [-0.2, 0) is 19.5 Å². The number of amides is 1. The number of rotatable bonds is 9. The summed E-state index contributed by atoms with van der Waals surface area (Å²) in [5.41, 5.74) is 0.341. The largest absolute Gasteiger partial charge is 0.451 e. The van der Waals surface area contributed by atoms with E-state index in [-0.39, 0.29) is 46.9 Å². The normalized spacial score (nSPS) is 26.8. The molecule has 6 rings (SSSR count). The third-order valence-electron chi connectivity index (χ3n) is 10.0. The van der Waals surface area contributed by atoms with Gasteiger partial charge in [-0.2, -0.15) is 0 Å². The number of morpholine rings is 1. The van der Waals surface area contributed by atoms with Crippen molar-refractivity contribution in [2.24, 2.45) is 5.41 Å². The van der Waals surface area contributed by atoms with Crippen molar-refractivity contribution in [2.75, 3.05) is 57.4 Å². The number of anilines is 1. The molecule has 5 heterocycles. The van der Waals surface area contributed by atoms with Gasteiger partial charge in [-0.15, -0.1) is 0 Å². The predicted molar refractivity (Wildman–Crippen MR) is 175 cm³/mol. The van der Waals surface area contributed by atoms with E-state index >= 15 is 0 Å². The average molecular weight is 675 g/mol. The van der Waals surface area contributed by atoms with Crippen LogP contribution in [-0.4, -0.2) is 116 Å². The Balaban J connectivity index is 1.03. The summed E-state index contributed by atoms with van der Waals surface area (Å²) in [7, 11) is -3.30. The maximum Gasteiger partial charge on any atom is 0.258 e. The number of hydrogen-bond acceptors (Lipinski definition) is 10. The Morgan fingerprint density at radius 2 is 1.83 bits per heavy atom. The van der Waals surface area contributed by atoms with E-state index in [0.29, 0.717) is 31.4 Å². The molecule has 47 heavy (non-hydrogen) atoms. The smallest absolute Gasteiger partial charge is 0.258 e. The highest BCUT2D eigenvalue weighted by atomic mass is 32.2. The van der Waals surface area contributed by atoms with E-state index in [1.54, 1.807) is 24.9 Å². The second-order valence-corrected chi connectivity index (χ2v) is 16.3. The molecule has 1 spiro atoms. The Labute approximate surface area is 277 Å². The molecule has 0 unspecified atom stereocenters. The standard InChI is InChI=1S/C33H47FN6O6S/c1-22(2)47(42,43)37-26-6-7-27(45-18-26)15-38-11-9-33(10-12-38)19-39(20-33)31-30(14-35-21-36-31)46-29-8-5-25(34)13-28(29)32(41)40-23(3)16-44-17-24(40)4/h5,8,13-14,21-24,26-27,37H,6-7,9-12,15-20H2,1-4H3/t23-,24-,26-,27+/m1/s1. The van der Waals surface area contributed by atoms with Crippen LogP contribution in [0.1, 0.15) is 63.7 Å². The van der Waals surface area contributed by atoms with Crippen molar-refractivity contribution in [1.82, 2.24) is 24.5 Å². The molecule has 4 saturated heterocycles. The SMILES string of the molecule is CC(C)S(=O)(=O)N[C@@H]1CC[C@@H](CN2CCC3(CC2)CN(c2ncncc2Oc2ccc(F)cc2C(=O)N2[C@H](C)COC[C@H]2C)C3)OC1. The van der Waals surface area contributed by atoms with Gasteiger partial charge in [0.05, 0.1) is 55.0 Å². The van der Waals surface area contributed by atoms with Gasteiger partial charge < -0.3 is 28.9 Å². The zero-order valence-electron chi connectivity index (χ0n) is 27.7. The number of aromatic nitrogens is 2. The number of carbonyl (C=O) groups excluding carboxylic acids is 1. The Kier molecular flexibility index (Phi) is 10.1. The van der Waals surface area contributed by atoms with E-state index in [1.807, 2.05) is 13.8 Å². The highest BCUT2D eigenvalue weighted by Crippen LogP contribution is 2.45. The number of piperidine rings is 1. The Bertz CT molecular complexity index is 1510. The van der Waals surface area contributed by atoms with Gasteiger partial charge in [0, 0.05) is 31.1 Å². The molecule has 0 radical (unpaired) electrons. The van der Waals surface area contributed by atoms with Gasteiger partial charge in [0.15, 0.2) is 11.6 Å². The zero-order valence-corrected chi connectivity index (χ0v) is 28.5. The number of sulfonamides is 1. The number of ether oxygens (including phenoxy) is 3. The molecule has 12 nitrogen and oxygen atoms in total. The van der Waals surface area contributed by atoms with E-state index in [1.165, 1.54) is 24.5 Å². The summed E-state index contributed by atoms with van der Waals surface area (Å²) in [6.07, 6.45) is 6.93. The predicted octanol–water partition coefficient (Wildman–Crippen LogP) is 3.44. The van der Waals surface area contributed by atoms with Crippen LogP contribution in [0.15, 0.2) is 30.7 Å². The summed E-state index contributed by atoms with van der Waals surface area (Å²) in [4.78, 5) is 28.8. The van der Waals surface area contributed by atoms with Crippen molar-refractivity contribution < 1.29 is 31.8 Å². The van der Waals surface area contributed by atoms with E-state index in [9.17, 15) is 17.6 Å². The molecule has 1 N–H and O–H groups in total. The van der Waals surface area contributed by atoms with Crippen LogP contribution in [0.2, 0.25) is 0 Å². The summed E-state index contributed by atoms with van der Waals surface area (Å²) >= 11 is 0. The van der Waals surface area contributed by atoms with Crippen molar-refractivity contribution in [2.45, 2.75) is 82.9 Å². The van der Waals surface area contributed by atoms with E-state index in [4.69, 9.17) is 14.2 Å². The molecule has 4 aliphatic rings. The van der Waals surface area contributed by atoms with Crippen LogP contribution < -0.4 is 14.4 Å². The molecule has 4 atom stereocenters. The highest BCUT2D eigenvalue weighted by molar-refractivity contribution is 7.90. The highest BCUT2D eigenvalue weighted by Gasteiger charge is 2.46. The number of halogens is 1. The first-order valence-corrected chi connectivity index (χ1v) is 18.3. The molecule has 258 valence electrons. The maximum absolute atomic E-state index is 14.4. The van der Waals surface area contributed by atoms with Crippen molar-refractivity contribution in [3.05, 3.63) is 42.1 Å². The van der Waals surface area contributed by atoms with Gasteiger partial charge in [-0.3, -0.25) is 4.79 Å². The van der Waals surface area contributed by atoms with E-state index in [0.717, 1.165) is 58.4 Å². The Hall–Kier alpha value is -2.91. The molecular weight excluding hydrogens is 627 g/mol. The fraction of sp³-hybridized carbons (Fsp3) is 0.667. The lowest BCUT2D eigenvalue weighted by Gasteiger charge is -2.54. The lowest BCUT2D eigenvalue weighted by Crippen LogP contribution is -2.61. The molecule has 14 heteroatoms. The molecule has 0 bridgehead atoms. The summed E-state index contributed by atoms with van der Waals surface area (Å²) in [6, 6.07) is 3.55. The molecule has 4 aliphatic heterocycles. The molecule has 1 amide bonds. The van der Waals surface area contributed by atoms with Crippen LogP contribution in [0.25, 0.3) is 0 Å². The molecule has 2 aromatic rings. The first kappa shape index (κ1) is 34.0. The minimum Gasteiger partial charge on any atom is -0.451 e. The van der Waals surface area contributed by atoms with E-state index in [2.05, 4.69) is 24.5 Å². The lowest BCUT2D eigenvalue weighted by atomic mass is 9.72. The Morgan fingerprint density at radius 3 is 2.49 bits per heavy atom. The van der Waals surface area contributed by atoms with Crippen molar-refractivity contribution in [1.29, 1.82) is 0 Å². The molecule has 1 aromatic heterocycles. The molecule has 1 aromatic carbocycles. The number of nitrogens with zero attached hydrogens (tertiary/aromatic N) is 5. The first-order chi connectivity index (χ1) is 22.4. The van der Waals surface area contributed by atoms with Gasteiger partial charge in [-0.05, 0) is 84.7 Å². The lowest BCUT2D eigenvalue weighted by molar-refractivity contribution is -0.0299. The molecule has 0 aliphatic carbocycles. The maximum atomic E-state index is 14.4. The second-order valence-electron chi connectivity index (χ2n) is 14.0. The molecular formula is C33H47FN6O6S. The van der Waals surface area contributed by atoms with Crippen LogP contribution in [0.3, 0.4) is 0 Å². The number of benzene rings is 1. The van der Waals surface area contributed by atoms with Crippen LogP contribution in [0.5, 0.6) is 11.5 Å². The second kappa shape index (κ2) is 13.9. The van der Waals surface area contributed by atoms with Gasteiger partial charge in [0.2, 0.25) is 10.0 Å². The van der Waals surface area contributed by atoms with Crippen molar-refractivity contribution in [3.8, 4) is 11.5 Å². The van der Waals surface area contributed by atoms with Gasteiger partial charge in [0.1, 0.15) is 17.9 Å². The monoisotopic (exact) mass is 674 g/mol. The van der Waals surface area contributed by atoms with Gasteiger partial charge in [-0.25, -0.2) is 27.5 Å². The molecule has 4 fully saturated rings. The summed E-state index contributed by atoms with van der Waals surface area (Å²) in [5.74, 6) is 0.526. The Morgan fingerprint density at radius 1 is 1.11 bits per heavy atom. The average Bonchev–Trinajstić information content (AvgIpc) is 3.02. The molecule has 0 saturated carbocycles. The van der Waals surface area contributed by atoms with Gasteiger partial charge >= 0.3 is 0 Å². The minimum atomic E-state index is -3.30. The summed E-state index contributed by atoms with van der Waals surface area (Å²) < 4.78 is 59.5. The summed E-state index contributed by atoms with van der Waals surface area (Å²) in [5, 5.41) is -0.455. The van der Waals surface area contributed by atoms with Crippen molar-refractivity contribution in [3.63, 3.8) is 0 Å². The topological polar surface area (TPSA) is 126 Å². The van der Waals surface area contributed by atoms with Crippen LogP contribution >= 0.6 is 0 Å².